The van der Waals surface area contributed by atoms with E-state index in [2.05, 4.69) is 5.32 Å². The van der Waals surface area contributed by atoms with E-state index in [0.29, 0.717) is 38.7 Å². The molecule has 2 amide bonds. The maximum Gasteiger partial charge on any atom is 0.410 e. The molecule has 0 aromatic heterocycles. The Bertz CT molecular complexity index is 643. The highest BCUT2D eigenvalue weighted by Crippen LogP contribution is 2.18. The third kappa shape index (κ3) is 7.86. The van der Waals surface area contributed by atoms with Crippen LogP contribution in [0.2, 0.25) is 0 Å². The van der Waals surface area contributed by atoms with Crippen LogP contribution >= 0.6 is 0 Å². The summed E-state index contributed by atoms with van der Waals surface area (Å²) < 4.78 is 45.4. The zero-order chi connectivity index (χ0) is 20.6. The van der Waals surface area contributed by atoms with Gasteiger partial charge in [-0.15, -0.1) is 0 Å². The number of carbonyl (C=O) groups is 2. The van der Waals surface area contributed by atoms with Gasteiger partial charge in [0.2, 0.25) is 6.41 Å². The Hall–Kier alpha value is -2.29. The van der Waals surface area contributed by atoms with Crippen molar-refractivity contribution >= 4 is 12.5 Å². The summed E-state index contributed by atoms with van der Waals surface area (Å²) in [6.07, 6.45) is 0.236. The van der Waals surface area contributed by atoms with Crippen LogP contribution in [0.5, 0.6) is 0 Å². The highest BCUT2D eigenvalue weighted by atomic mass is 19.2. The van der Waals surface area contributed by atoms with Gasteiger partial charge >= 0.3 is 6.09 Å². The summed E-state index contributed by atoms with van der Waals surface area (Å²) >= 11 is 0. The average molecular weight is 389 g/mol. The Morgan fingerprint density at radius 3 is 2.22 bits per heavy atom. The minimum atomic E-state index is -1.19. The summed E-state index contributed by atoms with van der Waals surface area (Å²) in [7, 11) is 1.56. The van der Waals surface area contributed by atoms with Crippen molar-refractivity contribution in [2.24, 2.45) is 0 Å². The van der Waals surface area contributed by atoms with Gasteiger partial charge in [-0.3, -0.25) is 9.69 Å². The molecular weight excluding hydrogens is 363 g/mol. The van der Waals surface area contributed by atoms with Crippen LogP contribution in [0, 0.1) is 17.5 Å². The minimum absolute atomic E-state index is 0.0202. The number of piperazine rings is 1. The van der Waals surface area contributed by atoms with E-state index in [1.165, 1.54) is 0 Å². The maximum atomic E-state index is 13.7. The summed E-state index contributed by atoms with van der Waals surface area (Å²) in [6.45, 7) is 7.30. The van der Waals surface area contributed by atoms with Crippen molar-refractivity contribution in [2.75, 3.05) is 33.2 Å². The molecule has 1 saturated heterocycles. The second-order valence-corrected chi connectivity index (χ2v) is 7.01. The summed E-state index contributed by atoms with van der Waals surface area (Å²) in [6, 6.07) is 1.53. The highest BCUT2D eigenvalue weighted by molar-refractivity contribution is 5.68. The first kappa shape index (κ1) is 22.8. The van der Waals surface area contributed by atoms with Crippen LogP contribution < -0.4 is 5.32 Å². The summed E-state index contributed by atoms with van der Waals surface area (Å²) in [5.74, 6) is -3.01. The van der Waals surface area contributed by atoms with Crippen LogP contribution in [0.25, 0.3) is 0 Å². The molecule has 0 saturated carbocycles. The molecule has 0 radical (unpaired) electrons. The lowest BCUT2D eigenvalue weighted by molar-refractivity contribution is -0.109. The SMILES string of the molecule is CC(C)(C)OC(=O)N1CCN(Cc2cc(F)cc(F)c2F)CC1.CNC=O. The molecule has 9 heteroatoms. The van der Waals surface area contributed by atoms with Crippen LogP contribution in [0.4, 0.5) is 18.0 Å². The number of hydrogen-bond donors (Lipinski definition) is 1. The summed E-state index contributed by atoms with van der Waals surface area (Å²) in [5, 5.41) is 2.25. The van der Waals surface area contributed by atoms with Gasteiger partial charge in [0.25, 0.3) is 0 Å². The van der Waals surface area contributed by atoms with Gasteiger partial charge in [-0.25, -0.2) is 18.0 Å². The van der Waals surface area contributed by atoms with Gasteiger partial charge in [-0.2, -0.15) is 0 Å². The van der Waals surface area contributed by atoms with Crippen LogP contribution in [-0.4, -0.2) is 61.1 Å². The molecule has 6 nitrogen and oxygen atoms in total. The van der Waals surface area contributed by atoms with Gasteiger partial charge in [0.15, 0.2) is 11.6 Å². The first-order valence-electron chi connectivity index (χ1n) is 8.52. The Morgan fingerprint density at radius 1 is 1.19 bits per heavy atom. The lowest BCUT2D eigenvalue weighted by atomic mass is 10.1. The van der Waals surface area contributed by atoms with E-state index in [1.54, 1.807) is 32.7 Å². The molecule has 0 atom stereocenters. The molecule has 1 aliphatic rings. The monoisotopic (exact) mass is 389 g/mol. The molecule has 1 fully saturated rings. The number of carbonyl (C=O) groups excluding carboxylic acids is 2. The molecule has 2 rings (SSSR count). The highest BCUT2D eigenvalue weighted by Gasteiger charge is 2.26. The second kappa shape index (κ2) is 10.1. The lowest BCUT2D eigenvalue weighted by Gasteiger charge is -2.35. The van der Waals surface area contributed by atoms with Gasteiger partial charge in [0, 0.05) is 51.4 Å². The molecule has 0 unspecified atom stereocenters. The predicted octanol–water partition coefficient (Wildman–Crippen LogP) is 2.52. The van der Waals surface area contributed by atoms with Crippen molar-refractivity contribution in [1.82, 2.24) is 15.1 Å². The van der Waals surface area contributed by atoms with E-state index in [0.717, 1.165) is 6.07 Å². The fourth-order valence-corrected chi connectivity index (χ4v) is 2.38. The van der Waals surface area contributed by atoms with E-state index in [9.17, 15) is 18.0 Å². The van der Waals surface area contributed by atoms with E-state index in [-0.39, 0.29) is 18.2 Å². The number of amides is 2. The third-order valence-corrected chi connectivity index (χ3v) is 3.60. The molecule has 0 aliphatic carbocycles. The number of benzene rings is 1. The van der Waals surface area contributed by atoms with Crippen LogP contribution in [-0.2, 0) is 16.1 Å². The zero-order valence-corrected chi connectivity index (χ0v) is 16.0. The Balaban J connectivity index is 0.000000828. The first-order valence-corrected chi connectivity index (χ1v) is 8.52. The van der Waals surface area contributed by atoms with Crippen molar-refractivity contribution in [2.45, 2.75) is 32.9 Å². The Morgan fingerprint density at radius 2 is 1.74 bits per heavy atom. The largest absolute Gasteiger partial charge is 0.444 e. The molecule has 1 N–H and O–H groups in total. The molecular formula is C18H26F3N3O3. The topological polar surface area (TPSA) is 61.9 Å². The van der Waals surface area contributed by atoms with Crippen LogP contribution in [0.15, 0.2) is 12.1 Å². The number of hydrogen-bond acceptors (Lipinski definition) is 4. The predicted molar refractivity (Wildman–Crippen MR) is 94.5 cm³/mol. The van der Waals surface area contributed by atoms with Gasteiger partial charge in [-0.05, 0) is 26.8 Å². The zero-order valence-electron chi connectivity index (χ0n) is 16.0. The molecule has 1 aromatic rings. The van der Waals surface area contributed by atoms with Gasteiger partial charge in [0.1, 0.15) is 11.4 Å². The average Bonchev–Trinajstić information content (AvgIpc) is 2.58. The minimum Gasteiger partial charge on any atom is -0.444 e. The van der Waals surface area contributed by atoms with Crippen molar-refractivity contribution < 1.29 is 27.5 Å². The van der Waals surface area contributed by atoms with Crippen LogP contribution in [0.3, 0.4) is 0 Å². The molecule has 1 heterocycles. The quantitative estimate of drug-likeness (QED) is 0.638. The summed E-state index contributed by atoms with van der Waals surface area (Å²) in [4.78, 5) is 24.4. The van der Waals surface area contributed by atoms with E-state index < -0.39 is 23.1 Å². The smallest absolute Gasteiger partial charge is 0.410 e. The van der Waals surface area contributed by atoms with Crippen molar-refractivity contribution in [3.63, 3.8) is 0 Å². The molecule has 27 heavy (non-hydrogen) atoms. The standard InChI is InChI=1S/C16H21F3N2O2.C2H5NO/c1-16(2,3)23-15(22)21-6-4-20(5-7-21)10-11-8-12(17)9-13(18)14(11)19;1-3-2-4/h8-9H,4-7,10H2,1-3H3;2H,1H3,(H,3,4). The van der Waals surface area contributed by atoms with Crippen molar-refractivity contribution in [1.29, 1.82) is 0 Å². The van der Waals surface area contributed by atoms with Gasteiger partial charge in [0.05, 0.1) is 0 Å². The molecule has 1 aromatic carbocycles. The number of rotatable bonds is 3. The van der Waals surface area contributed by atoms with E-state index >= 15 is 0 Å². The maximum absolute atomic E-state index is 13.7. The van der Waals surface area contributed by atoms with Gasteiger partial charge in [-0.1, -0.05) is 0 Å². The Kier molecular flexibility index (Phi) is 8.55. The Labute approximate surface area is 157 Å². The molecule has 1 aliphatic heterocycles. The van der Waals surface area contributed by atoms with Crippen molar-refractivity contribution in [3.8, 4) is 0 Å². The number of ether oxygens (including phenoxy) is 1. The molecule has 152 valence electrons. The number of halogens is 3. The fraction of sp³-hybridized carbons (Fsp3) is 0.556. The van der Waals surface area contributed by atoms with Crippen LogP contribution in [0.1, 0.15) is 26.3 Å². The molecule has 0 bridgehead atoms. The van der Waals surface area contributed by atoms with Crippen molar-refractivity contribution in [3.05, 3.63) is 35.1 Å². The summed E-state index contributed by atoms with van der Waals surface area (Å²) in [5.41, 5.74) is -0.579. The number of nitrogens with one attached hydrogen (secondary N) is 1. The number of nitrogens with zero attached hydrogens (tertiary/aromatic N) is 2. The lowest BCUT2D eigenvalue weighted by Crippen LogP contribution is -2.49. The fourth-order valence-electron chi connectivity index (χ4n) is 2.38. The third-order valence-electron chi connectivity index (χ3n) is 3.60. The van der Waals surface area contributed by atoms with E-state index in [1.807, 2.05) is 4.90 Å². The van der Waals surface area contributed by atoms with Gasteiger partial charge < -0.3 is 15.0 Å². The normalized spacial score (nSPS) is 14.9. The first-order chi connectivity index (χ1) is 12.6. The molecule has 0 spiro atoms. The van der Waals surface area contributed by atoms with E-state index in [4.69, 9.17) is 9.53 Å². The second-order valence-electron chi connectivity index (χ2n) is 7.01.